The molecule has 24 heavy (non-hydrogen) atoms. The van der Waals surface area contributed by atoms with E-state index in [0.29, 0.717) is 22.6 Å². The van der Waals surface area contributed by atoms with Crippen LogP contribution in [0.25, 0.3) is 0 Å². The number of hydrogen-bond acceptors (Lipinski definition) is 6. The maximum Gasteiger partial charge on any atom is 0.277 e. The van der Waals surface area contributed by atoms with E-state index in [1.54, 1.807) is 32.9 Å². The Kier molecular flexibility index (Phi) is 5.31. The maximum absolute atomic E-state index is 11.7. The second-order valence-electron chi connectivity index (χ2n) is 5.20. The number of nitrogens with one attached hydrogen (secondary N) is 1. The SMILES string of the molecule is Cc1ccc(C=NNC(=O)COc2c(C)cc([N+](=O)[O-])cc2C)o1. The van der Waals surface area contributed by atoms with Crippen molar-refractivity contribution in [3.63, 3.8) is 0 Å². The summed E-state index contributed by atoms with van der Waals surface area (Å²) < 4.78 is 10.7. The van der Waals surface area contributed by atoms with Crippen molar-refractivity contribution in [3.05, 3.63) is 57.0 Å². The van der Waals surface area contributed by atoms with E-state index in [0.717, 1.165) is 5.76 Å². The number of nitro benzene ring substituents is 1. The smallest absolute Gasteiger partial charge is 0.277 e. The highest BCUT2D eigenvalue weighted by atomic mass is 16.6. The van der Waals surface area contributed by atoms with Crippen LogP contribution in [0.5, 0.6) is 5.75 Å². The molecule has 1 aromatic carbocycles. The average molecular weight is 331 g/mol. The van der Waals surface area contributed by atoms with E-state index in [-0.39, 0.29) is 12.3 Å². The first-order valence-corrected chi connectivity index (χ1v) is 7.13. The molecule has 0 atom stereocenters. The number of carbonyl (C=O) groups is 1. The highest BCUT2D eigenvalue weighted by Gasteiger charge is 2.14. The molecule has 0 aliphatic heterocycles. The molecule has 2 aromatic rings. The van der Waals surface area contributed by atoms with Crippen LogP contribution in [0.1, 0.15) is 22.6 Å². The number of non-ortho nitro benzene ring substituents is 1. The number of rotatable bonds is 6. The summed E-state index contributed by atoms with van der Waals surface area (Å²) in [7, 11) is 0. The van der Waals surface area contributed by atoms with E-state index in [4.69, 9.17) is 9.15 Å². The topological polar surface area (TPSA) is 107 Å². The van der Waals surface area contributed by atoms with Gasteiger partial charge >= 0.3 is 0 Å². The molecule has 1 amide bonds. The molecular formula is C16H17N3O5. The van der Waals surface area contributed by atoms with Gasteiger partial charge in [0.25, 0.3) is 11.6 Å². The van der Waals surface area contributed by atoms with Gasteiger partial charge in [-0.15, -0.1) is 0 Å². The fraction of sp³-hybridized carbons (Fsp3) is 0.250. The zero-order chi connectivity index (χ0) is 17.7. The van der Waals surface area contributed by atoms with Gasteiger partial charge < -0.3 is 9.15 Å². The first-order valence-electron chi connectivity index (χ1n) is 7.13. The number of nitro groups is 1. The molecule has 126 valence electrons. The Morgan fingerprint density at radius 2 is 2.00 bits per heavy atom. The first-order chi connectivity index (χ1) is 11.4. The molecule has 1 heterocycles. The summed E-state index contributed by atoms with van der Waals surface area (Å²) in [6, 6.07) is 6.31. The minimum absolute atomic E-state index is 0.0138. The number of nitrogens with zero attached hydrogens (tertiary/aromatic N) is 2. The second-order valence-corrected chi connectivity index (χ2v) is 5.20. The van der Waals surface area contributed by atoms with Gasteiger partial charge in [0.15, 0.2) is 6.61 Å². The van der Waals surface area contributed by atoms with Crippen molar-refractivity contribution in [2.45, 2.75) is 20.8 Å². The van der Waals surface area contributed by atoms with Gasteiger partial charge in [0.05, 0.1) is 11.1 Å². The molecule has 8 heteroatoms. The number of hydrogen-bond donors (Lipinski definition) is 1. The summed E-state index contributed by atoms with van der Waals surface area (Å²) in [6.07, 6.45) is 1.38. The Labute approximate surface area is 138 Å². The van der Waals surface area contributed by atoms with Crippen LogP contribution in [0.2, 0.25) is 0 Å². The van der Waals surface area contributed by atoms with Gasteiger partial charge in [0, 0.05) is 12.1 Å². The zero-order valence-electron chi connectivity index (χ0n) is 13.5. The molecule has 0 fully saturated rings. The van der Waals surface area contributed by atoms with Gasteiger partial charge in [0.2, 0.25) is 0 Å². The molecule has 0 saturated heterocycles. The van der Waals surface area contributed by atoms with Crippen LogP contribution in [0.15, 0.2) is 33.8 Å². The lowest BCUT2D eigenvalue weighted by Crippen LogP contribution is -2.25. The predicted molar refractivity (Wildman–Crippen MR) is 87.2 cm³/mol. The highest BCUT2D eigenvalue weighted by molar-refractivity contribution is 5.81. The Morgan fingerprint density at radius 3 is 2.54 bits per heavy atom. The number of aryl methyl sites for hydroxylation is 3. The van der Waals surface area contributed by atoms with Gasteiger partial charge in [0.1, 0.15) is 17.3 Å². The Balaban J connectivity index is 1.92. The van der Waals surface area contributed by atoms with Crippen LogP contribution < -0.4 is 10.2 Å². The van der Waals surface area contributed by atoms with Crippen molar-refractivity contribution in [1.82, 2.24) is 5.43 Å². The third-order valence-electron chi connectivity index (χ3n) is 3.15. The van der Waals surface area contributed by atoms with Crippen molar-refractivity contribution < 1.29 is 18.9 Å². The van der Waals surface area contributed by atoms with Gasteiger partial charge in [-0.2, -0.15) is 5.10 Å². The number of furan rings is 1. The predicted octanol–water partition coefficient (Wildman–Crippen LogP) is 2.64. The normalized spacial score (nSPS) is 10.8. The largest absolute Gasteiger partial charge is 0.483 e. The van der Waals surface area contributed by atoms with Crippen molar-refractivity contribution in [2.75, 3.05) is 6.61 Å². The van der Waals surface area contributed by atoms with Crippen molar-refractivity contribution in [3.8, 4) is 5.75 Å². The summed E-state index contributed by atoms with van der Waals surface area (Å²) in [4.78, 5) is 22.0. The lowest BCUT2D eigenvalue weighted by molar-refractivity contribution is -0.385. The van der Waals surface area contributed by atoms with Gasteiger partial charge in [-0.1, -0.05) is 0 Å². The van der Waals surface area contributed by atoms with E-state index in [1.807, 2.05) is 0 Å². The molecule has 0 bridgehead atoms. The standard InChI is InChI=1S/C16H17N3O5/c1-10-6-13(19(21)22)7-11(2)16(10)23-9-15(20)18-17-8-14-5-4-12(3)24-14/h4-8H,9H2,1-3H3,(H,18,20). The summed E-state index contributed by atoms with van der Waals surface area (Å²) in [5, 5.41) is 14.6. The van der Waals surface area contributed by atoms with Gasteiger partial charge in [-0.3, -0.25) is 14.9 Å². The molecule has 0 unspecified atom stereocenters. The maximum atomic E-state index is 11.7. The summed E-state index contributed by atoms with van der Waals surface area (Å²) in [5.74, 6) is 1.26. The number of ether oxygens (including phenoxy) is 1. The summed E-state index contributed by atoms with van der Waals surface area (Å²) in [5.41, 5.74) is 3.48. The monoisotopic (exact) mass is 331 g/mol. The van der Waals surface area contributed by atoms with E-state index in [1.165, 1.54) is 18.3 Å². The molecule has 0 aliphatic carbocycles. The summed E-state index contributed by atoms with van der Waals surface area (Å²) in [6.45, 7) is 4.92. The first kappa shape index (κ1) is 17.2. The van der Waals surface area contributed by atoms with E-state index < -0.39 is 10.8 Å². The molecule has 0 spiro atoms. The molecule has 8 nitrogen and oxygen atoms in total. The molecule has 0 aliphatic rings. The van der Waals surface area contributed by atoms with Crippen molar-refractivity contribution in [2.24, 2.45) is 5.10 Å². The molecule has 1 N–H and O–H groups in total. The van der Waals surface area contributed by atoms with Gasteiger partial charge in [-0.05, 0) is 44.0 Å². The van der Waals surface area contributed by atoms with E-state index in [9.17, 15) is 14.9 Å². The fourth-order valence-corrected chi connectivity index (χ4v) is 2.12. The third kappa shape index (κ3) is 4.42. The van der Waals surface area contributed by atoms with Crippen LogP contribution in [-0.4, -0.2) is 23.7 Å². The molecular weight excluding hydrogens is 314 g/mol. The van der Waals surface area contributed by atoms with Gasteiger partial charge in [-0.25, -0.2) is 5.43 Å². The highest BCUT2D eigenvalue weighted by Crippen LogP contribution is 2.28. The zero-order valence-corrected chi connectivity index (χ0v) is 13.5. The van der Waals surface area contributed by atoms with Crippen molar-refractivity contribution >= 4 is 17.8 Å². The number of benzene rings is 1. The van der Waals surface area contributed by atoms with Crippen LogP contribution in [-0.2, 0) is 4.79 Å². The van der Waals surface area contributed by atoms with E-state index >= 15 is 0 Å². The Hall–Kier alpha value is -3.16. The number of hydrazone groups is 1. The Morgan fingerprint density at radius 1 is 1.33 bits per heavy atom. The van der Waals surface area contributed by atoms with Crippen LogP contribution in [0.3, 0.4) is 0 Å². The molecule has 1 aromatic heterocycles. The van der Waals surface area contributed by atoms with Crippen LogP contribution in [0, 0.1) is 30.9 Å². The lowest BCUT2D eigenvalue weighted by atomic mass is 10.1. The average Bonchev–Trinajstić information content (AvgIpc) is 2.91. The lowest BCUT2D eigenvalue weighted by Gasteiger charge is -2.11. The number of carbonyl (C=O) groups excluding carboxylic acids is 1. The minimum atomic E-state index is -0.471. The second kappa shape index (κ2) is 7.40. The fourth-order valence-electron chi connectivity index (χ4n) is 2.12. The quantitative estimate of drug-likeness (QED) is 0.497. The molecule has 0 radical (unpaired) electrons. The van der Waals surface area contributed by atoms with Crippen LogP contribution >= 0.6 is 0 Å². The number of amides is 1. The minimum Gasteiger partial charge on any atom is -0.483 e. The summed E-state index contributed by atoms with van der Waals surface area (Å²) >= 11 is 0. The van der Waals surface area contributed by atoms with E-state index in [2.05, 4.69) is 10.5 Å². The van der Waals surface area contributed by atoms with Crippen molar-refractivity contribution in [1.29, 1.82) is 0 Å². The molecule has 2 rings (SSSR count). The molecule has 0 saturated carbocycles. The third-order valence-corrected chi connectivity index (χ3v) is 3.15. The Bertz CT molecular complexity index is 772. The van der Waals surface area contributed by atoms with Crippen LogP contribution in [0.4, 0.5) is 5.69 Å².